The second kappa shape index (κ2) is 12.3. The zero-order chi connectivity index (χ0) is 32.5. The van der Waals surface area contributed by atoms with E-state index in [9.17, 15) is 33.2 Å². The third-order valence-corrected chi connectivity index (χ3v) is 8.01. The molecule has 1 atom stereocenters. The number of halogens is 3. The molecular formula is C32H30F3N3O7. The number of rotatable bonds is 10. The van der Waals surface area contributed by atoms with Gasteiger partial charge in [-0.05, 0) is 35.8 Å². The van der Waals surface area contributed by atoms with Gasteiger partial charge in [0.05, 0.1) is 30.2 Å². The number of aliphatic carboxylic acids is 1. The number of hydrogen-bond donors (Lipinski definition) is 2. The average molecular weight is 626 g/mol. The van der Waals surface area contributed by atoms with Crippen molar-refractivity contribution >= 4 is 28.6 Å². The maximum atomic E-state index is 15.0. The van der Waals surface area contributed by atoms with E-state index in [1.54, 1.807) is 36.4 Å². The minimum atomic E-state index is -5.11. The summed E-state index contributed by atoms with van der Waals surface area (Å²) < 4.78 is 57.4. The van der Waals surface area contributed by atoms with Crippen LogP contribution in [-0.2, 0) is 29.9 Å². The molecule has 0 bridgehead atoms. The topological polar surface area (TPSA) is 127 Å². The second-order valence-corrected chi connectivity index (χ2v) is 10.8. The summed E-state index contributed by atoms with van der Waals surface area (Å²) in [4.78, 5) is 23.5. The molecule has 4 aromatic rings. The Labute approximate surface area is 255 Å². The van der Waals surface area contributed by atoms with Gasteiger partial charge in [0.25, 0.3) is 5.69 Å². The molecule has 3 aromatic carbocycles. The molecule has 0 fully saturated rings. The molecule has 1 unspecified atom stereocenters. The summed E-state index contributed by atoms with van der Waals surface area (Å²) in [5.74, 6) is -0.533. The van der Waals surface area contributed by atoms with Crippen LogP contribution in [0.5, 0.6) is 11.5 Å². The average Bonchev–Trinajstić information content (AvgIpc) is 3.36. The van der Waals surface area contributed by atoms with Crippen LogP contribution in [0.1, 0.15) is 27.8 Å². The molecule has 0 saturated carbocycles. The number of ether oxygens (including phenoxy) is 2. The van der Waals surface area contributed by atoms with E-state index in [1.165, 1.54) is 48.1 Å². The monoisotopic (exact) mass is 625 g/mol. The lowest BCUT2D eigenvalue weighted by atomic mass is 9.89. The van der Waals surface area contributed by atoms with E-state index in [0.717, 1.165) is 17.7 Å². The molecular weight excluding hydrogens is 595 g/mol. The lowest BCUT2D eigenvalue weighted by Gasteiger charge is -2.38. The molecule has 45 heavy (non-hydrogen) atoms. The first kappa shape index (κ1) is 31.5. The fourth-order valence-corrected chi connectivity index (χ4v) is 5.88. The number of nitro groups is 1. The van der Waals surface area contributed by atoms with Gasteiger partial charge in [-0.1, -0.05) is 30.3 Å². The number of nitro benzene ring substituents is 1. The van der Waals surface area contributed by atoms with Crippen LogP contribution >= 0.6 is 0 Å². The molecule has 10 nitrogen and oxygen atoms in total. The summed E-state index contributed by atoms with van der Waals surface area (Å²) in [5.41, 5.74) is -1.39. The van der Waals surface area contributed by atoms with Crippen LogP contribution in [0.15, 0.2) is 66.9 Å². The third-order valence-electron chi connectivity index (χ3n) is 8.01. The number of methoxy groups -OCH3 is 2. The van der Waals surface area contributed by atoms with Gasteiger partial charge in [0.1, 0.15) is 11.5 Å². The van der Waals surface area contributed by atoms with Crippen LogP contribution in [-0.4, -0.2) is 64.1 Å². The molecule has 0 spiro atoms. The van der Waals surface area contributed by atoms with Gasteiger partial charge in [-0.3, -0.25) is 15.0 Å². The Bertz CT molecular complexity index is 1790. The van der Waals surface area contributed by atoms with Gasteiger partial charge >= 0.3 is 12.1 Å². The number of β-amino-alcohol motifs (C(OH)–C–C–N with tert-alkyl or cyclic N) is 1. The van der Waals surface area contributed by atoms with Crippen molar-refractivity contribution in [3.63, 3.8) is 0 Å². The van der Waals surface area contributed by atoms with Crippen LogP contribution in [0.25, 0.3) is 17.0 Å². The standard InChI is InChI=1S/C32H30F3N3O7/c1-44-28-14-21-17-36(13-12-23(21)30(45-2)25(28)10-11-29(39)40)19-31(41,32(33,34)35)26-18-37(16-20-6-4-3-5-7-20)27-15-22(38(42)43)8-9-24(26)27/h3-11,14-15,18,41H,12-13,16-17,19H2,1-2H3,(H,39,40)/b11-10+. The number of aliphatic hydroxyl groups is 1. The largest absolute Gasteiger partial charge is 0.496 e. The Hall–Kier alpha value is -4.88. The number of carboxylic acid groups (broad SMARTS) is 1. The Kier molecular flexibility index (Phi) is 8.59. The van der Waals surface area contributed by atoms with Crippen molar-refractivity contribution in [2.75, 3.05) is 27.3 Å². The molecule has 0 amide bonds. The summed E-state index contributed by atoms with van der Waals surface area (Å²) >= 11 is 0. The Morgan fingerprint density at radius 1 is 1.11 bits per heavy atom. The first-order valence-electron chi connectivity index (χ1n) is 13.9. The maximum absolute atomic E-state index is 15.0. The maximum Gasteiger partial charge on any atom is 0.422 e. The summed E-state index contributed by atoms with van der Waals surface area (Å²) in [6.45, 7) is -0.549. The van der Waals surface area contributed by atoms with Crippen molar-refractivity contribution in [2.24, 2.45) is 0 Å². The van der Waals surface area contributed by atoms with E-state index in [0.29, 0.717) is 22.4 Å². The number of nitrogens with zero attached hydrogens (tertiary/aromatic N) is 3. The van der Waals surface area contributed by atoms with E-state index in [1.807, 2.05) is 0 Å². The predicted molar refractivity (Wildman–Crippen MR) is 159 cm³/mol. The number of aromatic nitrogens is 1. The molecule has 2 N–H and O–H groups in total. The number of carbonyl (C=O) groups is 1. The molecule has 2 heterocycles. The van der Waals surface area contributed by atoms with Crippen molar-refractivity contribution < 1.29 is 42.6 Å². The summed E-state index contributed by atoms with van der Waals surface area (Å²) in [6.07, 6.45) is -1.35. The zero-order valence-electron chi connectivity index (χ0n) is 24.4. The zero-order valence-corrected chi connectivity index (χ0v) is 24.4. The molecule has 1 aliphatic heterocycles. The van der Waals surface area contributed by atoms with Gasteiger partial charge in [0.2, 0.25) is 5.60 Å². The molecule has 1 aromatic heterocycles. The number of fused-ring (bicyclic) bond motifs is 2. The SMILES string of the molecule is COc1cc2c(c(OC)c1/C=C/C(=O)O)CCN(CC(O)(c1cn(Cc3ccccc3)c3cc([N+](=O)[O-])ccc13)C(F)(F)F)C2. The highest BCUT2D eigenvalue weighted by atomic mass is 19.4. The Morgan fingerprint density at radius 3 is 2.47 bits per heavy atom. The first-order chi connectivity index (χ1) is 21.4. The summed E-state index contributed by atoms with van der Waals surface area (Å²) in [7, 11) is 2.80. The predicted octanol–water partition coefficient (Wildman–Crippen LogP) is 5.52. The molecule has 5 rings (SSSR count). The second-order valence-electron chi connectivity index (χ2n) is 10.8. The highest BCUT2D eigenvalue weighted by Crippen LogP contribution is 2.45. The van der Waals surface area contributed by atoms with E-state index in [-0.39, 0.29) is 48.4 Å². The van der Waals surface area contributed by atoms with E-state index < -0.39 is 34.8 Å². The van der Waals surface area contributed by atoms with E-state index >= 15 is 0 Å². The van der Waals surface area contributed by atoms with Gasteiger partial charge in [-0.2, -0.15) is 13.2 Å². The highest BCUT2D eigenvalue weighted by molar-refractivity contribution is 5.88. The van der Waals surface area contributed by atoms with Crippen LogP contribution in [0.2, 0.25) is 0 Å². The quantitative estimate of drug-likeness (QED) is 0.134. The number of benzene rings is 3. The van der Waals surface area contributed by atoms with Crippen molar-refractivity contribution in [1.29, 1.82) is 0 Å². The van der Waals surface area contributed by atoms with Crippen molar-refractivity contribution in [1.82, 2.24) is 9.47 Å². The first-order valence-corrected chi connectivity index (χ1v) is 13.9. The molecule has 1 aliphatic rings. The minimum Gasteiger partial charge on any atom is -0.496 e. The smallest absolute Gasteiger partial charge is 0.422 e. The molecule has 0 radical (unpaired) electrons. The van der Waals surface area contributed by atoms with Gasteiger partial charge < -0.3 is 24.3 Å². The van der Waals surface area contributed by atoms with Crippen molar-refractivity contribution in [3.05, 3.63) is 105 Å². The lowest BCUT2D eigenvalue weighted by molar-refractivity contribution is -0.384. The van der Waals surface area contributed by atoms with E-state index in [4.69, 9.17) is 14.6 Å². The Morgan fingerprint density at radius 2 is 1.84 bits per heavy atom. The van der Waals surface area contributed by atoms with Crippen molar-refractivity contribution in [3.8, 4) is 11.5 Å². The normalized spacial score (nSPS) is 15.2. The molecule has 13 heteroatoms. The van der Waals surface area contributed by atoms with Crippen LogP contribution < -0.4 is 9.47 Å². The molecule has 236 valence electrons. The number of carboxylic acids is 1. The third kappa shape index (κ3) is 6.08. The van der Waals surface area contributed by atoms with Gasteiger partial charge in [0, 0.05) is 67.1 Å². The van der Waals surface area contributed by atoms with Crippen LogP contribution in [0.4, 0.5) is 18.9 Å². The summed E-state index contributed by atoms with van der Waals surface area (Å²) in [5, 5.41) is 32.3. The lowest BCUT2D eigenvalue weighted by Crippen LogP contribution is -2.52. The number of alkyl halides is 3. The molecule has 0 aliphatic carbocycles. The van der Waals surface area contributed by atoms with E-state index in [2.05, 4.69) is 0 Å². The number of non-ortho nitro benzene ring substituents is 1. The van der Waals surface area contributed by atoms with Gasteiger partial charge in [-0.25, -0.2) is 4.79 Å². The Balaban J connectivity index is 1.56. The number of hydrogen-bond acceptors (Lipinski definition) is 7. The minimum absolute atomic E-state index is 0.0114. The molecule has 0 saturated heterocycles. The van der Waals surface area contributed by atoms with Crippen LogP contribution in [0, 0.1) is 10.1 Å². The summed E-state index contributed by atoms with van der Waals surface area (Å²) in [6, 6.07) is 14.1. The highest BCUT2D eigenvalue weighted by Gasteiger charge is 2.57. The van der Waals surface area contributed by atoms with Crippen LogP contribution in [0.3, 0.4) is 0 Å². The fraction of sp³-hybridized carbons (Fsp3) is 0.281. The van der Waals surface area contributed by atoms with Crippen molar-refractivity contribution in [2.45, 2.75) is 31.3 Å². The fourth-order valence-electron chi connectivity index (χ4n) is 5.88. The van der Waals surface area contributed by atoms with Gasteiger partial charge in [-0.15, -0.1) is 0 Å². The van der Waals surface area contributed by atoms with Gasteiger partial charge in [0.15, 0.2) is 0 Å².